The largest absolute Gasteiger partial charge is 0.482 e. The molecule has 0 spiro atoms. The predicted octanol–water partition coefficient (Wildman–Crippen LogP) is 3.47. The third-order valence-electron chi connectivity index (χ3n) is 3.33. The fourth-order valence-electron chi connectivity index (χ4n) is 1.94. The third-order valence-corrected chi connectivity index (χ3v) is 3.74. The molecule has 1 rings (SSSR count). The number of hydrogen-bond donors (Lipinski definition) is 1. The quantitative estimate of drug-likeness (QED) is 0.725. The van der Waals surface area contributed by atoms with Crippen molar-refractivity contribution in [3.05, 3.63) is 28.3 Å². The molecule has 0 heterocycles. The Bertz CT molecular complexity index is 585. The molecule has 0 aromatic heterocycles. The van der Waals surface area contributed by atoms with Crippen LogP contribution in [-0.4, -0.2) is 31.6 Å². The van der Waals surface area contributed by atoms with Crippen molar-refractivity contribution >= 4 is 23.5 Å². The Hall–Kier alpha value is -1.75. The summed E-state index contributed by atoms with van der Waals surface area (Å²) < 4.78 is 10.5. The van der Waals surface area contributed by atoms with E-state index in [4.69, 9.17) is 21.1 Å². The number of amides is 1. The zero-order valence-corrected chi connectivity index (χ0v) is 15.7. The molecule has 0 saturated heterocycles. The van der Waals surface area contributed by atoms with Gasteiger partial charge in [0.2, 0.25) is 0 Å². The van der Waals surface area contributed by atoms with Gasteiger partial charge in [-0.25, -0.2) is 4.79 Å². The standard InChI is InChI=1S/C18H26ClNO4/c1-11(2)8-20-17(21)9-24-18(22)10-23-16-6-13(5)15(19)7-14(16)12(3)4/h6-7,11-12H,8-10H2,1-5H3,(H,20,21). The number of hydrogen-bond acceptors (Lipinski definition) is 4. The van der Waals surface area contributed by atoms with Crippen molar-refractivity contribution in [2.24, 2.45) is 5.92 Å². The van der Waals surface area contributed by atoms with Gasteiger partial charge in [0.1, 0.15) is 5.75 Å². The number of halogens is 1. The highest BCUT2D eigenvalue weighted by Gasteiger charge is 2.14. The van der Waals surface area contributed by atoms with Gasteiger partial charge < -0.3 is 14.8 Å². The molecule has 0 atom stereocenters. The number of rotatable bonds is 8. The Morgan fingerprint density at radius 2 is 1.83 bits per heavy atom. The van der Waals surface area contributed by atoms with Crippen LogP contribution in [0.4, 0.5) is 0 Å². The molecule has 5 nitrogen and oxygen atoms in total. The number of ether oxygens (including phenoxy) is 2. The molecule has 1 aromatic rings. The van der Waals surface area contributed by atoms with Crippen LogP contribution in [0.15, 0.2) is 12.1 Å². The lowest BCUT2D eigenvalue weighted by Gasteiger charge is -2.15. The zero-order chi connectivity index (χ0) is 18.3. The van der Waals surface area contributed by atoms with Gasteiger partial charge in [0, 0.05) is 11.6 Å². The summed E-state index contributed by atoms with van der Waals surface area (Å²) in [4.78, 5) is 23.2. The first-order valence-corrected chi connectivity index (χ1v) is 8.43. The van der Waals surface area contributed by atoms with Crippen LogP contribution in [0.2, 0.25) is 5.02 Å². The highest BCUT2D eigenvalue weighted by atomic mass is 35.5. The molecule has 1 aromatic carbocycles. The first-order valence-electron chi connectivity index (χ1n) is 8.05. The summed E-state index contributed by atoms with van der Waals surface area (Å²) >= 11 is 6.14. The minimum Gasteiger partial charge on any atom is -0.482 e. The van der Waals surface area contributed by atoms with Crippen LogP contribution in [0.3, 0.4) is 0 Å². The molecule has 0 unspecified atom stereocenters. The minimum atomic E-state index is -0.586. The first kappa shape index (κ1) is 20.3. The van der Waals surface area contributed by atoms with E-state index >= 15 is 0 Å². The molecule has 0 fully saturated rings. The first-order chi connectivity index (χ1) is 11.2. The van der Waals surface area contributed by atoms with Crippen molar-refractivity contribution in [3.63, 3.8) is 0 Å². The molecule has 24 heavy (non-hydrogen) atoms. The molecule has 0 aliphatic carbocycles. The van der Waals surface area contributed by atoms with Crippen molar-refractivity contribution in [1.82, 2.24) is 5.32 Å². The lowest BCUT2D eigenvalue weighted by atomic mass is 10.0. The van der Waals surface area contributed by atoms with Crippen molar-refractivity contribution in [2.45, 2.75) is 40.5 Å². The second-order valence-corrected chi connectivity index (χ2v) is 6.85. The maximum absolute atomic E-state index is 11.7. The van der Waals surface area contributed by atoms with E-state index in [0.717, 1.165) is 11.1 Å². The van der Waals surface area contributed by atoms with Crippen LogP contribution in [0, 0.1) is 12.8 Å². The summed E-state index contributed by atoms with van der Waals surface area (Å²) in [5.74, 6) is 0.249. The molecule has 0 saturated carbocycles. The molecule has 0 radical (unpaired) electrons. The second-order valence-electron chi connectivity index (χ2n) is 6.44. The smallest absolute Gasteiger partial charge is 0.344 e. The van der Waals surface area contributed by atoms with Crippen LogP contribution in [0.25, 0.3) is 0 Å². The molecule has 0 aliphatic rings. The van der Waals surface area contributed by atoms with Gasteiger partial charge in [-0.1, -0.05) is 39.3 Å². The lowest BCUT2D eigenvalue weighted by Crippen LogP contribution is -2.32. The molecule has 0 bridgehead atoms. The van der Waals surface area contributed by atoms with E-state index in [0.29, 0.717) is 23.2 Å². The summed E-state index contributed by atoms with van der Waals surface area (Å²) in [5, 5.41) is 3.34. The highest BCUT2D eigenvalue weighted by Crippen LogP contribution is 2.31. The van der Waals surface area contributed by atoms with Gasteiger partial charge in [-0.15, -0.1) is 0 Å². The third kappa shape index (κ3) is 6.79. The number of aryl methyl sites for hydroxylation is 1. The SMILES string of the molecule is Cc1cc(OCC(=O)OCC(=O)NCC(C)C)c(C(C)C)cc1Cl. The molecule has 6 heteroatoms. The number of benzene rings is 1. The molecule has 134 valence electrons. The Kier molecular flexibility index (Phi) is 8.05. The van der Waals surface area contributed by atoms with E-state index in [1.807, 2.05) is 40.7 Å². The van der Waals surface area contributed by atoms with Gasteiger partial charge in [0.25, 0.3) is 5.91 Å². The fourth-order valence-corrected chi connectivity index (χ4v) is 2.11. The Balaban J connectivity index is 2.53. The summed E-state index contributed by atoms with van der Waals surface area (Å²) in [6.07, 6.45) is 0. The van der Waals surface area contributed by atoms with E-state index in [1.165, 1.54) is 0 Å². The minimum absolute atomic E-state index is 0.205. The summed E-state index contributed by atoms with van der Waals surface area (Å²) in [7, 11) is 0. The molecule has 0 aliphatic heterocycles. The molecule has 1 N–H and O–H groups in total. The van der Waals surface area contributed by atoms with Crippen LogP contribution in [0.5, 0.6) is 5.75 Å². The Morgan fingerprint density at radius 1 is 1.17 bits per heavy atom. The van der Waals surface area contributed by atoms with E-state index in [-0.39, 0.29) is 25.0 Å². The van der Waals surface area contributed by atoms with Crippen LogP contribution in [-0.2, 0) is 14.3 Å². The molecule has 1 amide bonds. The normalized spacial score (nSPS) is 10.8. The number of carbonyl (C=O) groups is 2. The van der Waals surface area contributed by atoms with Gasteiger partial charge in [-0.2, -0.15) is 0 Å². The maximum Gasteiger partial charge on any atom is 0.344 e. The Morgan fingerprint density at radius 3 is 2.42 bits per heavy atom. The average molecular weight is 356 g/mol. The summed E-state index contributed by atoms with van der Waals surface area (Å²) in [5.41, 5.74) is 1.80. The van der Waals surface area contributed by atoms with Gasteiger partial charge >= 0.3 is 5.97 Å². The van der Waals surface area contributed by atoms with Gasteiger partial charge in [-0.05, 0) is 42.0 Å². The van der Waals surface area contributed by atoms with E-state index in [2.05, 4.69) is 5.32 Å². The van der Waals surface area contributed by atoms with Crippen molar-refractivity contribution in [1.29, 1.82) is 0 Å². The van der Waals surface area contributed by atoms with Crippen molar-refractivity contribution < 1.29 is 19.1 Å². The Labute approximate surface area is 148 Å². The molecular weight excluding hydrogens is 330 g/mol. The van der Waals surface area contributed by atoms with Crippen LogP contribution in [0.1, 0.15) is 44.7 Å². The average Bonchev–Trinajstić information content (AvgIpc) is 2.51. The van der Waals surface area contributed by atoms with Gasteiger partial charge in [0.15, 0.2) is 13.2 Å². The van der Waals surface area contributed by atoms with Crippen LogP contribution >= 0.6 is 11.6 Å². The number of carbonyl (C=O) groups excluding carboxylic acids is 2. The predicted molar refractivity (Wildman–Crippen MR) is 94.6 cm³/mol. The van der Waals surface area contributed by atoms with E-state index in [9.17, 15) is 9.59 Å². The lowest BCUT2D eigenvalue weighted by molar-refractivity contribution is -0.150. The van der Waals surface area contributed by atoms with Crippen LogP contribution < -0.4 is 10.1 Å². The number of nitrogens with one attached hydrogen (secondary N) is 1. The summed E-state index contributed by atoms with van der Waals surface area (Å²) in [6, 6.07) is 3.65. The maximum atomic E-state index is 11.7. The second kappa shape index (κ2) is 9.52. The fraction of sp³-hybridized carbons (Fsp3) is 0.556. The van der Waals surface area contributed by atoms with E-state index in [1.54, 1.807) is 6.07 Å². The van der Waals surface area contributed by atoms with E-state index < -0.39 is 5.97 Å². The van der Waals surface area contributed by atoms with Crippen molar-refractivity contribution in [3.8, 4) is 5.75 Å². The van der Waals surface area contributed by atoms with Gasteiger partial charge in [0.05, 0.1) is 0 Å². The number of esters is 1. The summed E-state index contributed by atoms with van der Waals surface area (Å²) in [6.45, 7) is 9.88. The zero-order valence-electron chi connectivity index (χ0n) is 14.9. The van der Waals surface area contributed by atoms with Crippen molar-refractivity contribution in [2.75, 3.05) is 19.8 Å². The van der Waals surface area contributed by atoms with Gasteiger partial charge in [-0.3, -0.25) is 4.79 Å². The topological polar surface area (TPSA) is 64.6 Å². The molecular formula is C18H26ClNO4. The highest BCUT2D eigenvalue weighted by molar-refractivity contribution is 6.31. The monoisotopic (exact) mass is 355 g/mol.